The van der Waals surface area contributed by atoms with Gasteiger partial charge in [0.15, 0.2) is 0 Å². The van der Waals surface area contributed by atoms with Crippen LogP contribution >= 0.6 is 0 Å². The van der Waals surface area contributed by atoms with Crippen molar-refractivity contribution in [2.75, 3.05) is 45.9 Å². The van der Waals surface area contributed by atoms with Crippen molar-refractivity contribution < 1.29 is 18.7 Å². The topological polar surface area (TPSA) is 65.5 Å². The van der Waals surface area contributed by atoms with E-state index in [4.69, 9.17) is 9.84 Å². The number of carbonyl (C=O) groups is 2. The molecule has 1 aliphatic carbocycles. The first-order chi connectivity index (χ1) is 18.4. The molecule has 8 heteroatoms. The second-order valence-electron chi connectivity index (χ2n) is 10.7. The lowest BCUT2D eigenvalue weighted by atomic mass is 9.84. The molecule has 38 heavy (non-hydrogen) atoms. The van der Waals surface area contributed by atoms with Gasteiger partial charge in [0.2, 0.25) is 5.91 Å². The fourth-order valence-corrected chi connectivity index (χ4v) is 5.28. The van der Waals surface area contributed by atoms with E-state index in [2.05, 4.69) is 30.9 Å². The maximum absolute atomic E-state index is 13.8. The summed E-state index contributed by atoms with van der Waals surface area (Å²) in [5.41, 5.74) is 4.98. The minimum Gasteiger partial charge on any atom is -0.379 e. The number of benzene rings is 2. The Morgan fingerprint density at radius 2 is 1.79 bits per heavy atom. The fraction of sp³-hybridized carbons (Fsp3) is 0.500. The number of ether oxygens (including phenoxy) is 1. The number of nitrogens with zero attached hydrogens (tertiary/aromatic N) is 4. The Bertz CT molecular complexity index is 1190. The van der Waals surface area contributed by atoms with Gasteiger partial charge in [-0.25, -0.2) is 9.40 Å². The molecule has 5 rings (SSSR count). The normalized spacial score (nSPS) is 20.2. The van der Waals surface area contributed by atoms with Crippen LogP contribution in [0.2, 0.25) is 0 Å². The highest BCUT2D eigenvalue weighted by Crippen LogP contribution is 2.34. The summed E-state index contributed by atoms with van der Waals surface area (Å²) in [6, 6.07) is 12.1. The summed E-state index contributed by atoms with van der Waals surface area (Å²) in [4.78, 5) is 31.1. The van der Waals surface area contributed by atoms with Crippen molar-refractivity contribution >= 4 is 17.5 Å². The number of hydrogen-bond acceptors (Lipinski definition) is 5. The second kappa shape index (κ2) is 11.7. The Morgan fingerprint density at radius 3 is 2.45 bits per heavy atom. The summed E-state index contributed by atoms with van der Waals surface area (Å²) >= 11 is 0. The molecular weight excluding hydrogens is 483 g/mol. The number of morpholine rings is 1. The van der Waals surface area contributed by atoms with Gasteiger partial charge >= 0.3 is 0 Å². The molecule has 0 spiro atoms. The highest BCUT2D eigenvalue weighted by atomic mass is 19.1. The van der Waals surface area contributed by atoms with Crippen LogP contribution in [0, 0.1) is 25.6 Å². The van der Waals surface area contributed by atoms with Gasteiger partial charge in [-0.05, 0) is 67.1 Å². The van der Waals surface area contributed by atoms with E-state index in [1.807, 2.05) is 6.07 Å². The maximum Gasteiger partial charge on any atom is 0.262 e. The summed E-state index contributed by atoms with van der Waals surface area (Å²) in [5.74, 6) is -0.463. The van der Waals surface area contributed by atoms with Crippen molar-refractivity contribution in [2.45, 2.75) is 45.6 Å². The summed E-state index contributed by atoms with van der Waals surface area (Å²) in [6.45, 7) is 8.39. The first-order valence-corrected chi connectivity index (χ1v) is 13.7. The number of halogens is 1. The van der Waals surface area contributed by atoms with Gasteiger partial charge in [0.05, 0.1) is 25.0 Å². The van der Waals surface area contributed by atoms with Crippen molar-refractivity contribution in [1.29, 1.82) is 0 Å². The molecule has 0 N–H and O–H groups in total. The van der Waals surface area contributed by atoms with Crippen LogP contribution in [0.1, 0.15) is 54.0 Å². The van der Waals surface area contributed by atoms with Crippen molar-refractivity contribution in [1.82, 2.24) is 14.8 Å². The number of rotatable bonds is 8. The summed E-state index contributed by atoms with van der Waals surface area (Å²) in [6.07, 6.45) is 3.37. The molecule has 0 bridgehead atoms. The van der Waals surface area contributed by atoms with Crippen LogP contribution in [-0.2, 0) is 14.3 Å². The number of hydrogen-bond donors (Lipinski definition) is 0. The Balaban J connectivity index is 1.38. The monoisotopic (exact) mass is 520 g/mol. The van der Waals surface area contributed by atoms with Crippen LogP contribution in [0.3, 0.4) is 0 Å². The molecule has 1 saturated carbocycles. The van der Waals surface area contributed by atoms with E-state index in [9.17, 15) is 14.0 Å². The summed E-state index contributed by atoms with van der Waals surface area (Å²) in [5, 5.41) is 6.31. The minimum atomic E-state index is -0.348. The molecule has 0 radical (unpaired) electrons. The molecule has 2 aromatic carbocycles. The lowest BCUT2D eigenvalue weighted by Crippen LogP contribution is -2.49. The average molecular weight is 521 g/mol. The van der Waals surface area contributed by atoms with Crippen molar-refractivity contribution in [3.05, 3.63) is 70.5 Å². The van der Waals surface area contributed by atoms with Gasteiger partial charge in [0.1, 0.15) is 12.4 Å². The third-order valence-electron chi connectivity index (χ3n) is 8.14. The van der Waals surface area contributed by atoms with E-state index in [1.165, 1.54) is 22.7 Å². The van der Waals surface area contributed by atoms with Gasteiger partial charge in [-0.1, -0.05) is 30.7 Å². The number of carbonyl (C=O) groups excluding carboxylic acids is 2. The third kappa shape index (κ3) is 5.97. The predicted molar refractivity (Wildman–Crippen MR) is 144 cm³/mol. The molecule has 2 aliphatic heterocycles. The zero-order valence-corrected chi connectivity index (χ0v) is 22.4. The number of aryl methyl sites for hydroxylation is 2. The Labute approximate surface area is 224 Å². The Hall–Kier alpha value is -3.10. The number of hydrazone groups is 1. The molecule has 0 aromatic heterocycles. The third-order valence-corrected chi connectivity index (χ3v) is 8.14. The lowest BCUT2D eigenvalue weighted by Gasteiger charge is -2.34. The summed E-state index contributed by atoms with van der Waals surface area (Å²) < 4.78 is 19.2. The van der Waals surface area contributed by atoms with E-state index in [-0.39, 0.29) is 36.1 Å². The highest BCUT2D eigenvalue weighted by Gasteiger charge is 2.36. The molecule has 1 saturated heterocycles. The summed E-state index contributed by atoms with van der Waals surface area (Å²) in [7, 11) is 0. The zero-order valence-electron chi connectivity index (χ0n) is 22.4. The lowest BCUT2D eigenvalue weighted by molar-refractivity contribution is -0.145. The van der Waals surface area contributed by atoms with Crippen LogP contribution in [0.5, 0.6) is 0 Å². The van der Waals surface area contributed by atoms with Gasteiger partial charge in [-0.2, -0.15) is 5.10 Å². The van der Waals surface area contributed by atoms with Gasteiger partial charge in [-0.3, -0.25) is 14.5 Å². The van der Waals surface area contributed by atoms with Gasteiger partial charge in [0, 0.05) is 38.5 Å². The molecule has 2 fully saturated rings. The van der Waals surface area contributed by atoms with Crippen LogP contribution in [-0.4, -0.2) is 78.3 Å². The molecule has 2 amide bonds. The van der Waals surface area contributed by atoms with Crippen molar-refractivity contribution in [3.63, 3.8) is 0 Å². The number of amides is 2. The molecular formula is C30H37FN4O3. The fourth-order valence-electron chi connectivity index (χ4n) is 5.28. The van der Waals surface area contributed by atoms with E-state index >= 15 is 0 Å². The van der Waals surface area contributed by atoms with E-state index in [0.29, 0.717) is 32.7 Å². The molecule has 3 aliphatic rings. The maximum atomic E-state index is 13.8. The van der Waals surface area contributed by atoms with E-state index in [0.717, 1.165) is 54.8 Å². The average Bonchev–Trinajstić information content (AvgIpc) is 3.34. The molecule has 1 unspecified atom stereocenters. The largest absolute Gasteiger partial charge is 0.379 e. The molecule has 7 nitrogen and oxygen atoms in total. The standard InChI is InChI=1S/C30H37FN4O3/c1-21-6-7-25(18-22(21)2)27-19-28(23-8-10-26(31)11-9-23)35(32-27)29(36)20-34(30(37)24-4-3-5-24)13-12-33-14-16-38-17-15-33/h6-11,18,24,28H,3-5,12-17,19-20H2,1-2H3. The van der Waals surface area contributed by atoms with Crippen LogP contribution in [0.25, 0.3) is 0 Å². The minimum absolute atomic E-state index is 0.00792. The molecule has 2 aromatic rings. The van der Waals surface area contributed by atoms with Gasteiger partial charge < -0.3 is 9.64 Å². The first-order valence-electron chi connectivity index (χ1n) is 13.7. The van der Waals surface area contributed by atoms with Crippen molar-refractivity contribution in [2.24, 2.45) is 11.0 Å². The van der Waals surface area contributed by atoms with Crippen LogP contribution < -0.4 is 0 Å². The van der Waals surface area contributed by atoms with Crippen LogP contribution in [0.15, 0.2) is 47.6 Å². The van der Waals surface area contributed by atoms with E-state index in [1.54, 1.807) is 17.0 Å². The van der Waals surface area contributed by atoms with Gasteiger partial charge in [-0.15, -0.1) is 0 Å². The quantitative estimate of drug-likeness (QED) is 0.526. The Morgan fingerprint density at radius 1 is 1.05 bits per heavy atom. The molecule has 2 heterocycles. The van der Waals surface area contributed by atoms with Crippen molar-refractivity contribution in [3.8, 4) is 0 Å². The molecule has 202 valence electrons. The smallest absolute Gasteiger partial charge is 0.262 e. The SMILES string of the molecule is Cc1ccc(C2=NN(C(=O)CN(CCN3CCOCC3)C(=O)C3CCC3)C(c3ccc(F)cc3)C2)cc1C. The van der Waals surface area contributed by atoms with Gasteiger partial charge in [0.25, 0.3) is 5.91 Å². The first kappa shape index (κ1) is 26.5. The molecule has 1 atom stereocenters. The predicted octanol–water partition coefficient (Wildman–Crippen LogP) is 4.08. The second-order valence-corrected chi connectivity index (χ2v) is 10.7. The van der Waals surface area contributed by atoms with Crippen LogP contribution in [0.4, 0.5) is 4.39 Å². The highest BCUT2D eigenvalue weighted by molar-refractivity contribution is 6.03. The Kier molecular flexibility index (Phi) is 8.19. The zero-order chi connectivity index (χ0) is 26.6. The van der Waals surface area contributed by atoms with E-state index < -0.39 is 0 Å².